The molecule has 0 aliphatic carbocycles. The van der Waals surface area contributed by atoms with Gasteiger partial charge in [-0.25, -0.2) is 4.39 Å². The van der Waals surface area contributed by atoms with E-state index in [0.717, 1.165) is 28.8 Å². The first kappa shape index (κ1) is 23.2. The number of ether oxygens (including phenoxy) is 1. The van der Waals surface area contributed by atoms with Crippen molar-refractivity contribution in [1.82, 2.24) is 10.2 Å². The van der Waals surface area contributed by atoms with Crippen LogP contribution in [-0.2, 0) is 16.1 Å². The van der Waals surface area contributed by atoms with Crippen LogP contribution in [0.2, 0.25) is 0 Å². The molecule has 0 radical (unpaired) electrons. The van der Waals surface area contributed by atoms with E-state index in [1.165, 1.54) is 17.7 Å². The van der Waals surface area contributed by atoms with Crippen LogP contribution in [0.4, 0.5) is 10.2 Å². The van der Waals surface area contributed by atoms with Crippen LogP contribution in [0.5, 0.6) is 0 Å². The Morgan fingerprint density at radius 2 is 1.85 bits per heavy atom. The van der Waals surface area contributed by atoms with Crippen molar-refractivity contribution in [3.8, 4) is 0 Å². The van der Waals surface area contributed by atoms with Crippen LogP contribution in [0, 0.1) is 11.7 Å². The third kappa shape index (κ3) is 6.32. The molecular weight excluding hydrogens is 437 g/mol. The van der Waals surface area contributed by atoms with Crippen LogP contribution in [0.25, 0.3) is 0 Å². The number of hydrogen-bond acceptors (Lipinski definition) is 6. The Bertz CT molecular complexity index is 1070. The number of hydrogen-bond donors (Lipinski definition) is 0. The lowest BCUT2D eigenvalue weighted by atomic mass is 9.97. The molecule has 172 valence electrons. The monoisotopic (exact) mass is 465 g/mol. The first-order chi connectivity index (χ1) is 16.0. The normalized spacial score (nSPS) is 14.5. The lowest BCUT2D eigenvalue weighted by Gasteiger charge is -2.31. The van der Waals surface area contributed by atoms with Crippen molar-refractivity contribution in [2.45, 2.75) is 49.1 Å². The summed E-state index contributed by atoms with van der Waals surface area (Å²) in [7, 11) is 0. The fourth-order valence-corrected chi connectivity index (χ4v) is 4.55. The van der Waals surface area contributed by atoms with Crippen molar-refractivity contribution in [2.24, 2.45) is 5.92 Å². The second kappa shape index (κ2) is 10.8. The molecule has 4 rings (SSSR count). The van der Waals surface area contributed by atoms with E-state index < -0.39 is 0 Å². The number of anilines is 1. The maximum absolute atomic E-state index is 13.3. The maximum atomic E-state index is 13.3. The third-order valence-corrected chi connectivity index (χ3v) is 6.75. The fourth-order valence-electron chi connectivity index (χ4n) is 3.82. The zero-order valence-electron chi connectivity index (χ0n) is 18.9. The van der Waals surface area contributed by atoms with E-state index in [9.17, 15) is 9.18 Å². The number of carbonyl (C=O) groups excluding carboxylic acids is 1. The molecule has 0 amide bonds. The standard InChI is InChI=1S/C26H28FN3O2S/c1-18(2)20-6-8-23(9-7-20)33-25-11-10-24(28-29-25)30-14-12-21(13-15-30)26(31)32-17-19-4-3-5-22(27)16-19/h3-11,16,18,21H,12-15,17H2,1-2H3. The van der Waals surface area contributed by atoms with Gasteiger partial charge in [-0.05, 0) is 66.3 Å². The minimum Gasteiger partial charge on any atom is -0.461 e. The predicted molar refractivity (Wildman–Crippen MR) is 128 cm³/mol. The molecule has 3 aromatic rings. The highest BCUT2D eigenvalue weighted by molar-refractivity contribution is 7.99. The number of aromatic nitrogens is 2. The average Bonchev–Trinajstić information content (AvgIpc) is 2.83. The van der Waals surface area contributed by atoms with Gasteiger partial charge in [0.25, 0.3) is 0 Å². The van der Waals surface area contributed by atoms with Gasteiger partial charge < -0.3 is 9.64 Å². The van der Waals surface area contributed by atoms with E-state index in [1.807, 2.05) is 12.1 Å². The Labute approximate surface area is 198 Å². The van der Waals surface area contributed by atoms with E-state index in [4.69, 9.17) is 4.74 Å². The molecular formula is C26H28FN3O2S. The van der Waals surface area contributed by atoms with Crippen LogP contribution in [-0.4, -0.2) is 29.3 Å². The van der Waals surface area contributed by atoms with Gasteiger partial charge in [0.15, 0.2) is 5.82 Å². The van der Waals surface area contributed by atoms with Gasteiger partial charge in [0.05, 0.1) is 5.92 Å². The predicted octanol–water partition coefficient (Wildman–Crippen LogP) is 5.85. The maximum Gasteiger partial charge on any atom is 0.309 e. The molecule has 2 heterocycles. The Morgan fingerprint density at radius 3 is 2.48 bits per heavy atom. The Balaban J connectivity index is 1.25. The van der Waals surface area contributed by atoms with Crippen molar-refractivity contribution in [3.63, 3.8) is 0 Å². The van der Waals surface area contributed by atoms with Gasteiger partial charge in [-0.15, -0.1) is 10.2 Å². The molecule has 5 nitrogen and oxygen atoms in total. The highest BCUT2D eigenvalue weighted by Crippen LogP contribution is 2.29. The first-order valence-electron chi connectivity index (χ1n) is 11.3. The summed E-state index contributed by atoms with van der Waals surface area (Å²) >= 11 is 1.60. The molecule has 0 spiro atoms. The van der Waals surface area contributed by atoms with Gasteiger partial charge in [0.2, 0.25) is 0 Å². The molecule has 0 bridgehead atoms. The summed E-state index contributed by atoms with van der Waals surface area (Å²) in [5.41, 5.74) is 1.98. The molecule has 2 aromatic carbocycles. The molecule has 0 unspecified atom stereocenters. The highest BCUT2D eigenvalue weighted by atomic mass is 32.2. The molecule has 33 heavy (non-hydrogen) atoms. The van der Waals surface area contributed by atoms with Crippen molar-refractivity contribution in [1.29, 1.82) is 0 Å². The number of carbonyl (C=O) groups is 1. The number of rotatable bonds is 7. The minimum atomic E-state index is -0.327. The van der Waals surface area contributed by atoms with Crippen LogP contribution in [0.1, 0.15) is 43.7 Å². The van der Waals surface area contributed by atoms with Crippen molar-refractivity contribution in [3.05, 3.63) is 77.6 Å². The summed E-state index contributed by atoms with van der Waals surface area (Å²) < 4.78 is 18.7. The average molecular weight is 466 g/mol. The zero-order chi connectivity index (χ0) is 23.2. The van der Waals surface area contributed by atoms with Gasteiger partial charge in [0.1, 0.15) is 17.5 Å². The number of halogens is 1. The lowest BCUT2D eigenvalue weighted by Crippen LogP contribution is -2.37. The molecule has 1 aliphatic heterocycles. The molecule has 1 aliphatic rings. The zero-order valence-corrected chi connectivity index (χ0v) is 19.7. The third-order valence-electron chi connectivity index (χ3n) is 5.82. The smallest absolute Gasteiger partial charge is 0.309 e. The summed E-state index contributed by atoms with van der Waals surface area (Å²) in [6.07, 6.45) is 1.39. The van der Waals surface area contributed by atoms with Gasteiger partial charge in [-0.2, -0.15) is 0 Å². The quantitative estimate of drug-likeness (QED) is 0.408. The second-order valence-corrected chi connectivity index (χ2v) is 9.65. The van der Waals surface area contributed by atoms with E-state index >= 15 is 0 Å². The van der Waals surface area contributed by atoms with Gasteiger partial charge >= 0.3 is 5.97 Å². The molecule has 1 aromatic heterocycles. The van der Waals surface area contributed by atoms with Crippen LogP contribution >= 0.6 is 11.8 Å². The first-order valence-corrected chi connectivity index (χ1v) is 12.1. The molecule has 1 saturated heterocycles. The molecule has 0 N–H and O–H groups in total. The van der Waals surface area contributed by atoms with Gasteiger partial charge in [-0.3, -0.25) is 4.79 Å². The number of benzene rings is 2. The number of nitrogens with zero attached hydrogens (tertiary/aromatic N) is 3. The minimum absolute atomic E-state index is 0.0988. The topological polar surface area (TPSA) is 55.3 Å². The number of esters is 1. The Morgan fingerprint density at radius 1 is 1.09 bits per heavy atom. The lowest BCUT2D eigenvalue weighted by molar-refractivity contribution is -0.150. The summed E-state index contributed by atoms with van der Waals surface area (Å²) in [6.45, 7) is 5.91. The van der Waals surface area contributed by atoms with Crippen molar-refractivity contribution >= 4 is 23.5 Å². The van der Waals surface area contributed by atoms with Crippen LogP contribution in [0.15, 0.2) is 70.6 Å². The van der Waals surface area contributed by atoms with Crippen LogP contribution < -0.4 is 4.90 Å². The summed E-state index contributed by atoms with van der Waals surface area (Å²) in [6, 6.07) is 18.6. The van der Waals surface area contributed by atoms with Crippen molar-refractivity contribution < 1.29 is 13.9 Å². The fraction of sp³-hybridized carbons (Fsp3) is 0.346. The highest BCUT2D eigenvalue weighted by Gasteiger charge is 2.27. The van der Waals surface area contributed by atoms with E-state index in [2.05, 4.69) is 53.2 Å². The van der Waals surface area contributed by atoms with Crippen molar-refractivity contribution in [2.75, 3.05) is 18.0 Å². The number of piperidine rings is 1. The molecule has 0 saturated carbocycles. The molecule has 0 atom stereocenters. The van der Waals surface area contributed by atoms with Gasteiger partial charge in [-0.1, -0.05) is 49.9 Å². The molecule has 7 heteroatoms. The van der Waals surface area contributed by atoms with E-state index in [-0.39, 0.29) is 24.3 Å². The Kier molecular flexibility index (Phi) is 7.60. The van der Waals surface area contributed by atoms with E-state index in [0.29, 0.717) is 24.3 Å². The van der Waals surface area contributed by atoms with Gasteiger partial charge in [0, 0.05) is 18.0 Å². The van der Waals surface area contributed by atoms with E-state index in [1.54, 1.807) is 23.9 Å². The SMILES string of the molecule is CC(C)c1ccc(Sc2ccc(N3CCC(C(=O)OCc4cccc(F)c4)CC3)nn2)cc1. The van der Waals surface area contributed by atoms with Crippen LogP contribution in [0.3, 0.4) is 0 Å². The summed E-state index contributed by atoms with van der Waals surface area (Å²) in [5, 5.41) is 9.64. The molecule has 1 fully saturated rings. The summed E-state index contributed by atoms with van der Waals surface area (Å²) in [5.74, 6) is 0.640. The largest absolute Gasteiger partial charge is 0.461 e. The Hall–Kier alpha value is -2.93. The summed E-state index contributed by atoms with van der Waals surface area (Å²) in [4.78, 5) is 15.7. The second-order valence-electron chi connectivity index (χ2n) is 8.55.